The van der Waals surface area contributed by atoms with Crippen molar-refractivity contribution in [2.24, 2.45) is 11.8 Å². The Kier molecular flexibility index (Phi) is 6.77. The second-order valence-corrected chi connectivity index (χ2v) is 9.23. The number of amides is 1. The van der Waals surface area contributed by atoms with E-state index in [-0.39, 0.29) is 17.4 Å². The van der Waals surface area contributed by atoms with E-state index in [0.29, 0.717) is 31.6 Å². The highest BCUT2D eigenvalue weighted by Crippen LogP contribution is 2.24. The summed E-state index contributed by atoms with van der Waals surface area (Å²) in [5.74, 6) is -2.05. The van der Waals surface area contributed by atoms with Gasteiger partial charge in [0.05, 0.1) is 16.1 Å². The number of aliphatic carboxylic acids is 1. The van der Waals surface area contributed by atoms with Gasteiger partial charge in [0.2, 0.25) is 0 Å². The van der Waals surface area contributed by atoms with Crippen LogP contribution in [0.3, 0.4) is 0 Å². The number of hydrogen-bond acceptors (Lipinski definition) is 5. The maximum Gasteiger partial charge on any atom is 0.308 e. The third-order valence-corrected chi connectivity index (χ3v) is 6.87. The van der Waals surface area contributed by atoms with Gasteiger partial charge in [-0.1, -0.05) is 0 Å². The molecule has 1 unspecified atom stereocenters. The fourth-order valence-corrected chi connectivity index (χ4v) is 4.01. The summed E-state index contributed by atoms with van der Waals surface area (Å²) in [6.45, 7) is 4.30. The Labute approximate surface area is 153 Å². The molecule has 0 aliphatic carbocycles. The molecule has 1 aliphatic rings. The number of sulfone groups is 1. The standard InChI is InChI=1S/C18H25NO6S/c1-12(2)26(23,24)15-5-3-14(4-6-15)17(20)19-11-16(18(21)22)13-7-9-25-10-8-13/h3-6,12-13,16H,7-11H2,1-2H3,(H,19,20)(H,21,22). The second-order valence-electron chi connectivity index (χ2n) is 6.72. The quantitative estimate of drug-likeness (QED) is 0.742. The van der Waals surface area contributed by atoms with Crippen LogP contribution in [0.4, 0.5) is 0 Å². The lowest BCUT2D eigenvalue weighted by molar-refractivity contribution is -0.144. The Balaban J connectivity index is 2.01. The van der Waals surface area contributed by atoms with Gasteiger partial charge in [-0.25, -0.2) is 8.42 Å². The molecule has 1 atom stereocenters. The van der Waals surface area contributed by atoms with Crippen LogP contribution < -0.4 is 5.32 Å². The zero-order valence-corrected chi connectivity index (χ0v) is 15.8. The molecule has 1 saturated heterocycles. The van der Waals surface area contributed by atoms with Crippen molar-refractivity contribution in [2.45, 2.75) is 36.8 Å². The van der Waals surface area contributed by atoms with Crippen LogP contribution in [0.5, 0.6) is 0 Å². The summed E-state index contributed by atoms with van der Waals surface area (Å²) in [5.41, 5.74) is 0.295. The van der Waals surface area contributed by atoms with Crippen molar-refractivity contribution in [1.82, 2.24) is 5.32 Å². The highest BCUT2D eigenvalue weighted by Gasteiger charge is 2.30. The molecule has 0 saturated carbocycles. The maximum atomic E-state index is 12.3. The van der Waals surface area contributed by atoms with Crippen LogP contribution in [0.2, 0.25) is 0 Å². The van der Waals surface area contributed by atoms with Gasteiger partial charge < -0.3 is 15.2 Å². The van der Waals surface area contributed by atoms with Crippen molar-refractivity contribution in [3.63, 3.8) is 0 Å². The van der Waals surface area contributed by atoms with Crippen molar-refractivity contribution in [3.05, 3.63) is 29.8 Å². The van der Waals surface area contributed by atoms with Crippen molar-refractivity contribution in [2.75, 3.05) is 19.8 Å². The molecule has 1 aliphatic heterocycles. The SMILES string of the molecule is CC(C)S(=O)(=O)c1ccc(C(=O)NCC(C(=O)O)C2CCOCC2)cc1. The van der Waals surface area contributed by atoms with Gasteiger partial charge in [-0.15, -0.1) is 0 Å². The summed E-state index contributed by atoms with van der Waals surface area (Å²) < 4.78 is 29.5. The van der Waals surface area contributed by atoms with E-state index in [1.807, 2.05) is 0 Å². The van der Waals surface area contributed by atoms with Crippen LogP contribution in [-0.2, 0) is 19.4 Å². The van der Waals surface area contributed by atoms with E-state index in [4.69, 9.17) is 4.74 Å². The highest BCUT2D eigenvalue weighted by molar-refractivity contribution is 7.92. The van der Waals surface area contributed by atoms with E-state index in [2.05, 4.69) is 5.32 Å². The molecular formula is C18H25NO6S. The summed E-state index contributed by atoms with van der Waals surface area (Å²) in [6.07, 6.45) is 1.32. The molecule has 0 radical (unpaired) electrons. The van der Waals surface area contributed by atoms with Gasteiger partial charge in [0.15, 0.2) is 9.84 Å². The average Bonchev–Trinajstić information content (AvgIpc) is 2.62. The van der Waals surface area contributed by atoms with Crippen molar-refractivity contribution in [1.29, 1.82) is 0 Å². The van der Waals surface area contributed by atoms with Crippen LogP contribution in [0.25, 0.3) is 0 Å². The summed E-state index contributed by atoms with van der Waals surface area (Å²) in [7, 11) is -3.39. The van der Waals surface area contributed by atoms with E-state index < -0.39 is 32.9 Å². The van der Waals surface area contributed by atoms with Crippen LogP contribution in [0.15, 0.2) is 29.2 Å². The van der Waals surface area contributed by atoms with E-state index in [9.17, 15) is 23.1 Å². The Morgan fingerprint density at radius 1 is 1.19 bits per heavy atom. The Hall–Kier alpha value is -1.93. The van der Waals surface area contributed by atoms with Crippen LogP contribution in [-0.4, -0.2) is 50.4 Å². The molecule has 7 nitrogen and oxygen atoms in total. The lowest BCUT2D eigenvalue weighted by Crippen LogP contribution is -2.39. The molecule has 1 heterocycles. The first-order valence-electron chi connectivity index (χ1n) is 8.66. The van der Waals surface area contributed by atoms with Crippen molar-refractivity contribution < 1.29 is 27.9 Å². The minimum absolute atomic E-state index is 0.0277. The van der Waals surface area contributed by atoms with Gasteiger partial charge in [-0.2, -0.15) is 0 Å². The maximum absolute atomic E-state index is 12.3. The summed E-state index contributed by atoms with van der Waals surface area (Å²) in [5, 5.41) is 11.5. The normalized spacial score (nSPS) is 17.0. The van der Waals surface area contributed by atoms with Crippen LogP contribution >= 0.6 is 0 Å². The molecule has 0 aromatic heterocycles. The van der Waals surface area contributed by atoms with Gasteiger partial charge in [0, 0.05) is 25.3 Å². The second kappa shape index (κ2) is 8.64. The summed E-state index contributed by atoms with van der Waals surface area (Å²) in [6, 6.07) is 5.68. The number of carboxylic acids is 1. The minimum atomic E-state index is -3.39. The predicted octanol–water partition coefficient (Wildman–Crippen LogP) is 1.73. The minimum Gasteiger partial charge on any atom is -0.481 e. The first-order valence-corrected chi connectivity index (χ1v) is 10.2. The highest BCUT2D eigenvalue weighted by atomic mass is 32.2. The molecule has 8 heteroatoms. The van der Waals surface area contributed by atoms with E-state index in [1.54, 1.807) is 13.8 Å². The van der Waals surface area contributed by atoms with Gasteiger partial charge in [0.1, 0.15) is 0 Å². The molecule has 26 heavy (non-hydrogen) atoms. The fourth-order valence-electron chi connectivity index (χ4n) is 2.95. The zero-order chi connectivity index (χ0) is 19.3. The van der Waals surface area contributed by atoms with Crippen LogP contribution in [0, 0.1) is 11.8 Å². The number of ether oxygens (including phenoxy) is 1. The molecular weight excluding hydrogens is 358 g/mol. The summed E-state index contributed by atoms with van der Waals surface area (Å²) >= 11 is 0. The Bertz CT molecular complexity index is 735. The fraction of sp³-hybridized carbons (Fsp3) is 0.556. The topological polar surface area (TPSA) is 110 Å². The molecule has 0 bridgehead atoms. The number of nitrogens with one attached hydrogen (secondary N) is 1. The number of benzene rings is 1. The van der Waals surface area contributed by atoms with E-state index in [0.717, 1.165) is 0 Å². The Morgan fingerprint density at radius 2 is 1.77 bits per heavy atom. The molecule has 0 spiro atoms. The number of carboxylic acid groups (broad SMARTS) is 1. The Morgan fingerprint density at radius 3 is 2.27 bits per heavy atom. The lowest BCUT2D eigenvalue weighted by Gasteiger charge is -2.27. The molecule has 1 aromatic rings. The van der Waals surface area contributed by atoms with Crippen molar-refractivity contribution >= 4 is 21.7 Å². The smallest absolute Gasteiger partial charge is 0.308 e. The lowest BCUT2D eigenvalue weighted by atomic mass is 9.86. The molecule has 144 valence electrons. The van der Waals surface area contributed by atoms with Crippen LogP contribution in [0.1, 0.15) is 37.0 Å². The number of carbonyl (C=O) groups is 2. The average molecular weight is 383 g/mol. The first-order chi connectivity index (χ1) is 12.2. The molecule has 1 fully saturated rings. The first kappa shape index (κ1) is 20.4. The summed E-state index contributed by atoms with van der Waals surface area (Å²) in [4.78, 5) is 23.9. The largest absolute Gasteiger partial charge is 0.481 e. The molecule has 2 rings (SSSR count). The number of carbonyl (C=O) groups excluding carboxylic acids is 1. The van der Waals surface area contributed by atoms with Gasteiger partial charge in [-0.3, -0.25) is 9.59 Å². The molecule has 1 amide bonds. The zero-order valence-electron chi connectivity index (χ0n) is 15.0. The van der Waals surface area contributed by atoms with E-state index in [1.165, 1.54) is 24.3 Å². The predicted molar refractivity (Wildman–Crippen MR) is 95.8 cm³/mol. The van der Waals surface area contributed by atoms with Gasteiger partial charge in [0.25, 0.3) is 5.91 Å². The molecule has 2 N–H and O–H groups in total. The number of rotatable bonds is 7. The number of hydrogen-bond donors (Lipinski definition) is 2. The van der Waals surface area contributed by atoms with E-state index >= 15 is 0 Å². The van der Waals surface area contributed by atoms with Crippen molar-refractivity contribution in [3.8, 4) is 0 Å². The van der Waals surface area contributed by atoms with Gasteiger partial charge in [-0.05, 0) is 56.9 Å². The third kappa shape index (κ3) is 4.82. The molecule has 1 aromatic carbocycles. The third-order valence-electron chi connectivity index (χ3n) is 4.70. The monoisotopic (exact) mass is 383 g/mol. The van der Waals surface area contributed by atoms with Gasteiger partial charge >= 0.3 is 5.97 Å².